The van der Waals surface area contributed by atoms with Crippen LogP contribution < -0.4 is 11.1 Å². The molecule has 0 bridgehead atoms. The average molecular weight is 246 g/mol. The highest BCUT2D eigenvalue weighted by atomic mass is 16.4. The third-order valence-corrected chi connectivity index (χ3v) is 2.59. The molecule has 5 N–H and O–H groups in total. The zero-order chi connectivity index (χ0) is 13.6. The Morgan fingerprint density at radius 3 is 2.06 bits per heavy atom. The molecule has 1 unspecified atom stereocenters. The van der Waals surface area contributed by atoms with Gasteiger partial charge in [0.15, 0.2) is 0 Å². The first-order valence-corrected chi connectivity index (χ1v) is 5.70. The number of carboxylic acids is 2. The Balaban J connectivity index is 4.21. The van der Waals surface area contributed by atoms with Crippen molar-refractivity contribution in [3.63, 3.8) is 0 Å². The molecule has 0 aromatic carbocycles. The fraction of sp³-hybridized carbons (Fsp3) is 0.818. The van der Waals surface area contributed by atoms with Crippen LogP contribution in [0.25, 0.3) is 0 Å². The summed E-state index contributed by atoms with van der Waals surface area (Å²) in [5.41, 5.74) is 5.44. The quantitative estimate of drug-likeness (QED) is 0.484. The Morgan fingerprint density at radius 1 is 1.18 bits per heavy atom. The Hall–Kier alpha value is -1.14. The van der Waals surface area contributed by atoms with Crippen LogP contribution in [0, 0.1) is 11.8 Å². The lowest BCUT2D eigenvalue weighted by atomic mass is 10.0. The van der Waals surface area contributed by atoms with Gasteiger partial charge in [-0.25, -0.2) is 0 Å². The molecule has 17 heavy (non-hydrogen) atoms. The highest BCUT2D eigenvalue weighted by molar-refractivity contribution is 5.74. The minimum absolute atomic E-state index is 0.257. The first-order valence-electron chi connectivity index (χ1n) is 5.70. The van der Waals surface area contributed by atoms with E-state index in [-0.39, 0.29) is 18.4 Å². The van der Waals surface area contributed by atoms with E-state index in [2.05, 4.69) is 5.32 Å². The van der Waals surface area contributed by atoms with Crippen molar-refractivity contribution in [2.75, 3.05) is 6.54 Å². The van der Waals surface area contributed by atoms with Gasteiger partial charge in [0.2, 0.25) is 0 Å². The van der Waals surface area contributed by atoms with Gasteiger partial charge < -0.3 is 21.3 Å². The zero-order valence-corrected chi connectivity index (χ0v) is 10.5. The number of hydrogen-bond donors (Lipinski definition) is 4. The molecule has 6 nitrogen and oxygen atoms in total. The van der Waals surface area contributed by atoms with Gasteiger partial charge in [0.25, 0.3) is 0 Å². The van der Waals surface area contributed by atoms with E-state index in [9.17, 15) is 9.59 Å². The zero-order valence-electron chi connectivity index (χ0n) is 10.5. The van der Waals surface area contributed by atoms with Gasteiger partial charge in [-0.3, -0.25) is 9.59 Å². The summed E-state index contributed by atoms with van der Waals surface area (Å²) in [5, 5.41) is 20.5. The van der Waals surface area contributed by atoms with Crippen LogP contribution in [0.3, 0.4) is 0 Å². The molecule has 6 heteroatoms. The Morgan fingerprint density at radius 2 is 1.71 bits per heavy atom. The van der Waals surface area contributed by atoms with Gasteiger partial charge in [-0.05, 0) is 18.3 Å². The van der Waals surface area contributed by atoms with Crippen LogP contribution in [0.2, 0.25) is 0 Å². The largest absolute Gasteiger partial charge is 0.480 e. The maximum atomic E-state index is 10.9. The minimum atomic E-state index is -1.07. The topological polar surface area (TPSA) is 113 Å². The van der Waals surface area contributed by atoms with E-state index < -0.39 is 24.0 Å². The number of carbonyl (C=O) groups is 2. The molecule has 0 aliphatic carbocycles. The molecule has 0 spiro atoms. The second-order valence-electron chi connectivity index (χ2n) is 4.77. The molecule has 0 aliphatic heterocycles. The van der Waals surface area contributed by atoms with E-state index in [1.165, 1.54) is 0 Å². The first kappa shape index (κ1) is 15.9. The highest BCUT2D eigenvalue weighted by Crippen LogP contribution is 2.06. The van der Waals surface area contributed by atoms with E-state index in [1.54, 1.807) is 6.92 Å². The summed E-state index contributed by atoms with van der Waals surface area (Å²) in [6.07, 6.45) is 0.504. The summed E-state index contributed by atoms with van der Waals surface area (Å²) in [7, 11) is 0. The van der Waals surface area contributed by atoms with Crippen molar-refractivity contribution in [1.29, 1.82) is 0 Å². The Bertz CT molecular complexity index is 268. The van der Waals surface area contributed by atoms with Crippen molar-refractivity contribution in [2.45, 2.75) is 39.3 Å². The van der Waals surface area contributed by atoms with Gasteiger partial charge in [-0.1, -0.05) is 20.8 Å². The predicted molar refractivity (Wildman–Crippen MR) is 63.7 cm³/mol. The van der Waals surface area contributed by atoms with Crippen molar-refractivity contribution >= 4 is 11.9 Å². The van der Waals surface area contributed by atoms with E-state index >= 15 is 0 Å². The fourth-order valence-corrected chi connectivity index (χ4v) is 1.44. The van der Waals surface area contributed by atoms with Gasteiger partial charge in [0, 0.05) is 6.54 Å². The van der Waals surface area contributed by atoms with Crippen LogP contribution in [0.4, 0.5) is 0 Å². The lowest BCUT2D eigenvalue weighted by Crippen LogP contribution is -2.46. The summed E-state index contributed by atoms with van der Waals surface area (Å²) in [4.78, 5) is 21.6. The van der Waals surface area contributed by atoms with E-state index in [4.69, 9.17) is 15.9 Å². The molecule has 100 valence electrons. The molecule has 0 rings (SSSR count). The monoisotopic (exact) mass is 246 g/mol. The maximum Gasteiger partial charge on any atom is 0.320 e. The molecule has 0 aliphatic rings. The molecule has 0 fully saturated rings. The third kappa shape index (κ3) is 6.23. The first-order chi connectivity index (χ1) is 7.75. The normalized spacial score (nSPS) is 16.5. The highest BCUT2D eigenvalue weighted by Gasteiger charge is 2.23. The Kier molecular flexibility index (Phi) is 6.75. The standard InChI is InChI=1S/C11H22N2O4/c1-6(2)4-8(10(14)15)13-5-7(3)9(12)11(16)17/h6-9,13H,4-5,12H2,1-3H3,(H,14,15)(H,16,17)/t7?,8-,9-/m0/s1. The number of nitrogens with one attached hydrogen (secondary N) is 1. The lowest BCUT2D eigenvalue weighted by Gasteiger charge is -2.21. The molecular weight excluding hydrogens is 224 g/mol. The summed E-state index contributed by atoms with van der Waals surface area (Å²) >= 11 is 0. The third-order valence-electron chi connectivity index (χ3n) is 2.59. The predicted octanol–water partition coefficient (Wildman–Crippen LogP) is 0.123. The van der Waals surface area contributed by atoms with Crippen LogP contribution >= 0.6 is 0 Å². The van der Waals surface area contributed by atoms with Crippen LogP contribution in [0.1, 0.15) is 27.2 Å². The molecule has 0 radical (unpaired) electrons. The number of hydrogen-bond acceptors (Lipinski definition) is 4. The van der Waals surface area contributed by atoms with Crippen molar-refractivity contribution < 1.29 is 19.8 Å². The summed E-state index contributed by atoms with van der Waals surface area (Å²) in [6, 6.07) is -1.63. The van der Waals surface area contributed by atoms with Crippen LogP contribution in [0.15, 0.2) is 0 Å². The van der Waals surface area contributed by atoms with Crippen LogP contribution in [-0.2, 0) is 9.59 Å². The van der Waals surface area contributed by atoms with Crippen molar-refractivity contribution in [3.8, 4) is 0 Å². The molecular formula is C11H22N2O4. The van der Waals surface area contributed by atoms with E-state index in [0.717, 1.165) is 0 Å². The van der Waals surface area contributed by atoms with Crippen molar-refractivity contribution in [3.05, 3.63) is 0 Å². The molecule has 0 saturated heterocycles. The lowest BCUT2D eigenvalue weighted by molar-refractivity contribution is -0.140. The Labute approximate surface area is 101 Å². The SMILES string of the molecule is CC(C)C[C@H](NCC(C)[C@H](N)C(=O)O)C(=O)O. The van der Waals surface area contributed by atoms with Gasteiger partial charge in [-0.2, -0.15) is 0 Å². The number of carboxylic acid groups (broad SMARTS) is 2. The molecule has 0 amide bonds. The summed E-state index contributed by atoms with van der Waals surface area (Å²) in [6.45, 7) is 5.82. The molecule has 0 saturated carbocycles. The van der Waals surface area contributed by atoms with E-state index in [1.807, 2.05) is 13.8 Å². The fourth-order valence-electron chi connectivity index (χ4n) is 1.44. The van der Waals surface area contributed by atoms with Crippen LogP contribution in [-0.4, -0.2) is 40.8 Å². The van der Waals surface area contributed by atoms with E-state index in [0.29, 0.717) is 6.42 Å². The molecule has 0 aromatic heterocycles. The van der Waals surface area contributed by atoms with Crippen molar-refractivity contribution in [2.24, 2.45) is 17.6 Å². The summed E-state index contributed by atoms with van der Waals surface area (Å²) in [5.74, 6) is -2.06. The molecule has 0 aromatic rings. The minimum Gasteiger partial charge on any atom is -0.480 e. The molecule has 3 atom stereocenters. The van der Waals surface area contributed by atoms with Crippen molar-refractivity contribution in [1.82, 2.24) is 5.32 Å². The summed E-state index contributed by atoms with van der Waals surface area (Å²) < 4.78 is 0. The number of aliphatic carboxylic acids is 2. The van der Waals surface area contributed by atoms with Gasteiger partial charge in [0.1, 0.15) is 12.1 Å². The van der Waals surface area contributed by atoms with Crippen LogP contribution in [0.5, 0.6) is 0 Å². The average Bonchev–Trinajstić information content (AvgIpc) is 2.21. The second kappa shape index (κ2) is 7.24. The maximum absolute atomic E-state index is 10.9. The number of nitrogens with two attached hydrogens (primary N) is 1. The second-order valence-corrected chi connectivity index (χ2v) is 4.77. The number of rotatable bonds is 8. The smallest absolute Gasteiger partial charge is 0.320 e. The molecule has 0 heterocycles. The van der Waals surface area contributed by atoms with Gasteiger partial charge in [0.05, 0.1) is 0 Å². The van der Waals surface area contributed by atoms with Gasteiger partial charge >= 0.3 is 11.9 Å². The van der Waals surface area contributed by atoms with Gasteiger partial charge in [-0.15, -0.1) is 0 Å².